The summed E-state index contributed by atoms with van der Waals surface area (Å²) in [4.78, 5) is 33.8. The molecule has 10 heteroatoms. The summed E-state index contributed by atoms with van der Waals surface area (Å²) in [5, 5.41) is 17.7. The van der Waals surface area contributed by atoms with Crippen LogP contribution in [0.25, 0.3) is 0 Å². The van der Waals surface area contributed by atoms with Gasteiger partial charge >= 0.3 is 5.97 Å². The van der Waals surface area contributed by atoms with E-state index < -0.39 is 29.1 Å². The van der Waals surface area contributed by atoms with Gasteiger partial charge in [0.2, 0.25) is 0 Å². The van der Waals surface area contributed by atoms with Gasteiger partial charge in [0.25, 0.3) is 11.6 Å². The van der Waals surface area contributed by atoms with Gasteiger partial charge in [0.15, 0.2) is 6.61 Å². The van der Waals surface area contributed by atoms with Crippen molar-refractivity contribution in [3.63, 3.8) is 0 Å². The Kier molecular flexibility index (Phi) is 6.89. The van der Waals surface area contributed by atoms with Crippen LogP contribution in [-0.4, -0.2) is 39.7 Å². The minimum absolute atomic E-state index is 0.0524. The number of nitro groups is 1. The average molecular weight is 395 g/mol. The van der Waals surface area contributed by atoms with Crippen LogP contribution < -0.4 is 5.32 Å². The molecule has 1 amide bonds. The average Bonchev–Trinajstić information content (AvgIpc) is 2.94. The van der Waals surface area contributed by atoms with Crippen LogP contribution in [0, 0.1) is 24.0 Å². The first-order valence-corrected chi connectivity index (χ1v) is 8.54. The first-order chi connectivity index (χ1) is 12.8. The van der Waals surface area contributed by atoms with Gasteiger partial charge in [-0.2, -0.15) is 5.10 Å². The number of halogens is 1. The molecule has 0 unspecified atom stereocenters. The van der Waals surface area contributed by atoms with Crippen molar-refractivity contribution in [1.82, 2.24) is 15.1 Å². The Bertz CT molecular complexity index is 865. The second kappa shape index (κ2) is 9.13. The summed E-state index contributed by atoms with van der Waals surface area (Å²) in [6.45, 7) is 4.46. The molecule has 0 radical (unpaired) electrons. The lowest BCUT2D eigenvalue weighted by atomic mass is 10.2. The number of aryl methyl sites for hydroxylation is 3. The minimum Gasteiger partial charge on any atom is -0.452 e. The van der Waals surface area contributed by atoms with E-state index in [-0.39, 0.29) is 10.6 Å². The first-order valence-electron chi connectivity index (χ1n) is 8.16. The van der Waals surface area contributed by atoms with Crippen molar-refractivity contribution >= 4 is 29.2 Å². The maximum atomic E-state index is 11.9. The van der Waals surface area contributed by atoms with Crippen LogP contribution in [-0.2, 0) is 16.1 Å². The monoisotopic (exact) mass is 394 g/mol. The number of carbonyl (C=O) groups excluding carboxylic acids is 2. The van der Waals surface area contributed by atoms with Crippen LogP contribution in [0.5, 0.6) is 0 Å². The van der Waals surface area contributed by atoms with Gasteiger partial charge in [-0.05, 0) is 38.5 Å². The van der Waals surface area contributed by atoms with Gasteiger partial charge in [-0.25, -0.2) is 4.79 Å². The number of nitro benzene ring substituents is 1. The van der Waals surface area contributed by atoms with E-state index in [4.69, 9.17) is 16.3 Å². The highest BCUT2D eigenvalue weighted by Gasteiger charge is 2.17. The van der Waals surface area contributed by atoms with Gasteiger partial charge in [0, 0.05) is 24.8 Å². The lowest BCUT2D eigenvalue weighted by Crippen LogP contribution is -2.30. The number of esters is 1. The molecule has 1 N–H and O–H groups in total. The summed E-state index contributed by atoms with van der Waals surface area (Å²) >= 11 is 5.69. The number of rotatable bonds is 8. The molecule has 1 heterocycles. The molecule has 0 bridgehead atoms. The predicted octanol–water partition coefficient (Wildman–Crippen LogP) is 2.42. The lowest BCUT2D eigenvalue weighted by molar-refractivity contribution is -0.384. The fourth-order valence-corrected chi connectivity index (χ4v) is 2.59. The Morgan fingerprint density at radius 3 is 2.70 bits per heavy atom. The molecule has 1 aromatic carbocycles. The molecule has 27 heavy (non-hydrogen) atoms. The molecule has 1 aromatic heterocycles. The van der Waals surface area contributed by atoms with Crippen LogP contribution in [0.2, 0.25) is 5.02 Å². The van der Waals surface area contributed by atoms with E-state index in [0.29, 0.717) is 19.5 Å². The zero-order chi connectivity index (χ0) is 20.0. The van der Waals surface area contributed by atoms with Gasteiger partial charge < -0.3 is 10.1 Å². The summed E-state index contributed by atoms with van der Waals surface area (Å²) in [5.74, 6) is -1.30. The van der Waals surface area contributed by atoms with Crippen molar-refractivity contribution in [3.8, 4) is 0 Å². The normalized spacial score (nSPS) is 10.5. The zero-order valence-electron chi connectivity index (χ0n) is 14.9. The Balaban J connectivity index is 1.75. The maximum Gasteiger partial charge on any atom is 0.338 e. The number of benzene rings is 1. The van der Waals surface area contributed by atoms with Gasteiger partial charge in [0.1, 0.15) is 5.02 Å². The van der Waals surface area contributed by atoms with E-state index in [1.165, 1.54) is 12.1 Å². The minimum atomic E-state index is -0.840. The van der Waals surface area contributed by atoms with Gasteiger partial charge in [-0.1, -0.05) is 11.6 Å². The number of nitrogens with one attached hydrogen (secondary N) is 1. The number of carbonyl (C=O) groups is 2. The van der Waals surface area contributed by atoms with Crippen molar-refractivity contribution in [1.29, 1.82) is 0 Å². The molecule has 0 atom stereocenters. The molecule has 144 valence electrons. The first kappa shape index (κ1) is 20.4. The Morgan fingerprint density at radius 2 is 2.07 bits per heavy atom. The smallest absolute Gasteiger partial charge is 0.338 e. The zero-order valence-corrected chi connectivity index (χ0v) is 15.7. The molecular weight excluding hydrogens is 376 g/mol. The largest absolute Gasteiger partial charge is 0.452 e. The second-order valence-corrected chi connectivity index (χ2v) is 6.26. The SMILES string of the molecule is Cc1cc(C)n(CCCNC(=O)COC(=O)c2ccc(Cl)c([N+](=O)[O-])c2)n1. The molecule has 9 nitrogen and oxygen atoms in total. The van der Waals surface area contributed by atoms with Crippen LogP contribution in [0.15, 0.2) is 24.3 Å². The van der Waals surface area contributed by atoms with E-state index in [9.17, 15) is 19.7 Å². The fourth-order valence-electron chi connectivity index (χ4n) is 2.40. The van der Waals surface area contributed by atoms with Crippen LogP contribution in [0.1, 0.15) is 28.2 Å². The van der Waals surface area contributed by atoms with Crippen molar-refractivity contribution in [2.75, 3.05) is 13.2 Å². The van der Waals surface area contributed by atoms with E-state index in [0.717, 1.165) is 17.5 Å². The van der Waals surface area contributed by atoms with Crippen molar-refractivity contribution in [2.45, 2.75) is 26.8 Å². The highest BCUT2D eigenvalue weighted by molar-refractivity contribution is 6.32. The van der Waals surface area contributed by atoms with Crippen molar-refractivity contribution in [3.05, 3.63) is 56.4 Å². The number of nitrogens with zero attached hydrogens (tertiary/aromatic N) is 3. The third-order valence-electron chi connectivity index (χ3n) is 3.69. The topological polar surface area (TPSA) is 116 Å². The summed E-state index contributed by atoms with van der Waals surface area (Å²) in [7, 11) is 0. The third kappa shape index (κ3) is 5.78. The van der Waals surface area contributed by atoms with E-state index >= 15 is 0 Å². The molecule has 0 aliphatic rings. The highest BCUT2D eigenvalue weighted by atomic mass is 35.5. The van der Waals surface area contributed by atoms with Crippen molar-refractivity contribution in [2.24, 2.45) is 0 Å². The molecule has 2 rings (SSSR count). The molecular formula is C17H19ClN4O5. The van der Waals surface area contributed by atoms with E-state index in [1.54, 1.807) is 0 Å². The lowest BCUT2D eigenvalue weighted by Gasteiger charge is -2.08. The van der Waals surface area contributed by atoms with Gasteiger partial charge in [-0.15, -0.1) is 0 Å². The summed E-state index contributed by atoms with van der Waals surface area (Å²) < 4.78 is 6.72. The molecule has 0 saturated carbocycles. The van der Waals surface area contributed by atoms with E-state index in [2.05, 4.69) is 10.4 Å². The second-order valence-electron chi connectivity index (χ2n) is 5.85. The quantitative estimate of drug-likeness (QED) is 0.318. The number of hydrogen-bond acceptors (Lipinski definition) is 6. The Labute approximate surface area is 160 Å². The summed E-state index contributed by atoms with van der Waals surface area (Å²) in [6, 6.07) is 5.51. The molecule has 0 fully saturated rings. The van der Waals surface area contributed by atoms with Crippen LogP contribution >= 0.6 is 11.6 Å². The number of aromatic nitrogens is 2. The molecule has 0 spiro atoms. The van der Waals surface area contributed by atoms with Crippen LogP contribution in [0.3, 0.4) is 0 Å². The van der Waals surface area contributed by atoms with E-state index in [1.807, 2.05) is 24.6 Å². The molecule has 0 aliphatic heterocycles. The number of ether oxygens (including phenoxy) is 1. The van der Waals surface area contributed by atoms with Crippen LogP contribution in [0.4, 0.5) is 5.69 Å². The standard InChI is InChI=1S/C17H19ClN4O5/c1-11-8-12(2)21(20-11)7-3-6-19-16(23)10-27-17(24)13-4-5-14(18)15(9-13)22(25)26/h4-5,8-9H,3,6-7,10H2,1-2H3,(H,19,23). The Hall–Kier alpha value is -2.94. The number of hydrogen-bond donors (Lipinski definition) is 1. The Morgan fingerprint density at radius 1 is 1.33 bits per heavy atom. The fraction of sp³-hybridized carbons (Fsp3) is 0.353. The molecule has 2 aromatic rings. The van der Waals surface area contributed by atoms with Crippen molar-refractivity contribution < 1.29 is 19.2 Å². The molecule has 0 aliphatic carbocycles. The number of amides is 1. The maximum absolute atomic E-state index is 11.9. The van der Waals surface area contributed by atoms with Gasteiger partial charge in [0.05, 0.1) is 16.2 Å². The summed E-state index contributed by atoms with van der Waals surface area (Å²) in [5.41, 5.74) is 1.53. The summed E-state index contributed by atoms with van der Waals surface area (Å²) in [6.07, 6.45) is 0.672. The molecule has 0 saturated heterocycles. The highest BCUT2D eigenvalue weighted by Crippen LogP contribution is 2.25. The third-order valence-corrected chi connectivity index (χ3v) is 4.00. The van der Waals surface area contributed by atoms with Gasteiger partial charge in [-0.3, -0.25) is 19.6 Å². The predicted molar refractivity (Wildman–Crippen MR) is 97.7 cm³/mol.